The number of methoxy groups -OCH3 is 1. The van der Waals surface area contributed by atoms with E-state index < -0.39 is 0 Å². The Kier molecular flexibility index (Phi) is 5.61. The molecule has 142 valence electrons. The first-order valence-electron chi connectivity index (χ1n) is 8.65. The summed E-state index contributed by atoms with van der Waals surface area (Å²) in [5, 5.41) is 2.86. The Hall–Kier alpha value is -3.06. The zero-order valence-corrected chi connectivity index (χ0v) is 15.7. The number of ether oxygens (including phenoxy) is 2. The minimum atomic E-state index is -0.236. The van der Waals surface area contributed by atoms with Gasteiger partial charge in [-0.3, -0.25) is 9.59 Å². The van der Waals surface area contributed by atoms with Crippen molar-refractivity contribution in [2.45, 2.75) is 0 Å². The molecule has 7 nitrogen and oxygen atoms in total. The molecule has 0 aromatic heterocycles. The maximum atomic E-state index is 12.5. The standard InChI is InChI=1S/C20H23N3O4/c1-22(2)10-11-23-17-12-15(6-9-18(17)27-13-19(23)24)21-20(25)14-4-7-16(26-3)8-5-14/h4-9,12H,10-11,13H2,1-3H3,(H,21,25). The molecule has 2 amide bonds. The van der Waals surface area contributed by atoms with E-state index in [4.69, 9.17) is 9.47 Å². The van der Waals surface area contributed by atoms with Crippen molar-refractivity contribution in [3.05, 3.63) is 48.0 Å². The molecule has 1 heterocycles. The molecule has 0 spiro atoms. The number of hydrogen-bond acceptors (Lipinski definition) is 5. The van der Waals surface area contributed by atoms with Crippen molar-refractivity contribution in [2.24, 2.45) is 0 Å². The number of fused-ring (bicyclic) bond motifs is 1. The molecule has 3 rings (SSSR count). The third kappa shape index (κ3) is 4.38. The summed E-state index contributed by atoms with van der Waals surface area (Å²) in [6.07, 6.45) is 0. The minimum Gasteiger partial charge on any atom is -0.497 e. The van der Waals surface area contributed by atoms with Crippen LogP contribution in [0, 0.1) is 0 Å². The number of amides is 2. The molecule has 0 fully saturated rings. The lowest BCUT2D eigenvalue weighted by Gasteiger charge is -2.30. The van der Waals surface area contributed by atoms with Crippen LogP contribution < -0.4 is 19.7 Å². The lowest BCUT2D eigenvalue weighted by molar-refractivity contribution is -0.121. The van der Waals surface area contributed by atoms with Crippen molar-refractivity contribution in [1.29, 1.82) is 0 Å². The molecule has 0 saturated carbocycles. The fraction of sp³-hybridized carbons (Fsp3) is 0.300. The van der Waals surface area contributed by atoms with Crippen LogP contribution in [0.4, 0.5) is 11.4 Å². The number of hydrogen-bond donors (Lipinski definition) is 1. The average molecular weight is 369 g/mol. The number of carbonyl (C=O) groups excluding carboxylic acids is 2. The molecule has 2 aromatic rings. The molecule has 2 aromatic carbocycles. The highest BCUT2D eigenvalue weighted by molar-refractivity contribution is 6.05. The van der Waals surface area contributed by atoms with E-state index in [1.807, 2.05) is 19.0 Å². The lowest BCUT2D eigenvalue weighted by atomic mass is 10.1. The van der Waals surface area contributed by atoms with Crippen LogP contribution in [0.2, 0.25) is 0 Å². The van der Waals surface area contributed by atoms with Gasteiger partial charge in [0, 0.05) is 24.3 Å². The first-order valence-corrected chi connectivity index (χ1v) is 8.65. The molecule has 0 saturated heterocycles. The van der Waals surface area contributed by atoms with E-state index >= 15 is 0 Å². The fourth-order valence-electron chi connectivity index (χ4n) is 2.77. The normalized spacial score (nSPS) is 13.2. The highest BCUT2D eigenvalue weighted by Crippen LogP contribution is 2.34. The van der Waals surface area contributed by atoms with Crippen LogP contribution in [0.15, 0.2) is 42.5 Å². The van der Waals surface area contributed by atoms with E-state index in [-0.39, 0.29) is 18.4 Å². The van der Waals surface area contributed by atoms with Crippen molar-refractivity contribution in [3.63, 3.8) is 0 Å². The van der Waals surface area contributed by atoms with Gasteiger partial charge in [0.2, 0.25) is 0 Å². The number of nitrogens with zero attached hydrogens (tertiary/aromatic N) is 2. The van der Waals surface area contributed by atoms with Gasteiger partial charge in [-0.1, -0.05) is 0 Å². The maximum Gasteiger partial charge on any atom is 0.265 e. The van der Waals surface area contributed by atoms with Gasteiger partial charge < -0.3 is 24.6 Å². The van der Waals surface area contributed by atoms with Gasteiger partial charge >= 0.3 is 0 Å². The molecular formula is C20H23N3O4. The average Bonchev–Trinajstić information content (AvgIpc) is 2.67. The first kappa shape index (κ1) is 18.7. The summed E-state index contributed by atoms with van der Waals surface area (Å²) >= 11 is 0. The smallest absolute Gasteiger partial charge is 0.265 e. The predicted octanol–water partition coefficient (Wildman–Crippen LogP) is 2.23. The number of likely N-dealkylation sites (N-methyl/N-ethyl adjacent to an activating group) is 1. The molecule has 1 aliphatic heterocycles. The number of nitrogens with one attached hydrogen (secondary N) is 1. The van der Waals surface area contributed by atoms with E-state index in [2.05, 4.69) is 5.32 Å². The van der Waals surface area contributed by atoms with Gasteiger partial charge in [0.1, 0.15) is 11.5 Å². The van der Waals surface area contributed by atoms with Gasteiger partial charge in [0.15, 0.2) is 6.61 Å². The van der Waals surface area contributed by atoms with Gasteiger partial charge in [-0.15, -0.1) is 0 Å². The Labute approximate surface area is 158 Å². The van der Waals surface area contributed by atoms with Gasteiger partial charge in [-0.25, -0.2) is 0 Å². The maximum absolute atomic E-state index is 12.5. The summed E-state index contributed by atoms with van der Waals surface area (Å²) in [6, 6.07) is 12.2. The Morgan fingerprint density at radius 1 is 1.22 bits per heavy atom. The molecule has 7 heteroatoms. The summed E-state index contributed by atoms with van der Waals surface area (Å²) in [6.45, 7) is 1.31. The summed E-state index contributed by atoms with van der Waals surface area (Å²) in [5.74, 6) is 0.992. The lowest BCUT2D eigenvalue weighted by Crippen LogP contribution is -2.42. The van der Waals surface area contributed by atoms with Crippen LogP contribution >= 0.6 is 0 Å². The minimum absolute atomic E-state index is 0.0258. The number of benzene rings is 2. The Morgan fingerprint density at radius 3 is 2.63 bits per heavy atom. The highest BCUT2D eigenvalue weighted by atomic mass is 16.5. The molecule has 0 bridgehead atoms. The molecule has 0 aliphatic carbocycles. The van der Waals surface area contributed by atoms with Crippen LogP contribution in [0.5, 0.6) is 11.5 Å². The second-order valence-electron chi connectivity index (χ2n) is 6.50. The molecular weight excluding hydrogens is 346 g/mol. The SMILES string of the molecule is COc1ccc(C(=O)Nc2ccc3c(c2)N(CCN(C)C)C(=O)CO3)cc1. The van der Waals surface area contributed by atoms with Gasteiger partial charge in [0.05, 0.1) is 12.8 Å². The monoisotopic (exact) mass is 369 g/mol. The fourth-order valence-corrected chi connectivity index (χ4v) is 2.77. The van der Waals surface area contributed by atoms with Crippen molar-refractivity contribution >= 4 is 23.2 Å². The molecule has 0 atom stereocenters. The first-order chi connectivity index (χ1) is 13.0. The third-order valence-electron chi connectivity index (χ3n) is 4.28. The summed E-state index contributed by atoms with van der Waals surface area (Å²) in [7, 11) is 5.49. The number of rotatable bonds is 6. The van der Waals surface area contributed by atoms with E-state index in [9.17, 15) is 9.59 Å². The van der Waals surface area contributed by atoms with Crippen LogP contribution in [0.3, 0.4) is 0 Å². The van der Waals surface area contributed by atoms with Gasteiger partial charge in [0.25, 0.3) is 11.8 Å². The molecule has 0 unspecified atom stereocenters. The zero-order chi connectivity index (χ0) is 19.4. The largest absolute Gasteiger partial charge is 0.497 e. The Morgan fingerprint density at radius 2 is 1.96 bits per heavy atom. The van der Waals surface area contributed by atoms with Crippen LogP contribution in [0.1, 0.15) is 10.4 Å². The van der Waals surface area contributed by atoms with Crippen LogP contribution in [-0.4, -0.2) is 57.6 Å². The van der Waals surface area contributed by atoms with Crippen molar-refractivity contribution in [1.82, 2.24) is 4.90 Å². The number of anilines is 2. The van der Waals surface area contributed by atoms with Crippen LogP contribution in [-0.2, 0) is 4.79 Å². The second-order valence-corrected chi connectivity index (χ2v) is 6.50. The molecule has 0 radical (unpaired) electrons. The van der Waals surface area contributed by atoms with E-state index in [0.717, 1.165) is 6.54 Å². The zero-order valence-electron chi connectivity index (χ0n) is 15.7. The molecule has 1 aliphatic rings. The summed E-state index contributed by atoms with van der Waals surface area (Å²) in [5.41, 5.74) is 1.79. The highest BCUT2D eigenvalue weighted by Gasteiger charge is 2.25. The van der Waals surface area contributed by atoms with Gasteiger partial charge in [-0.05, 0) is 56.6 Å². The van der Waals surface area contributed by atoms with Crippen LogP contribution in [0.25, 0.3) is 0 Å². The van der Waals surface area contributed by atoms with Crippen molar-refractivity contribution in [2.75, 3.05) is 51.1 Å². The van der Waals surface area contributed by atoms with Crippen molar-refractivity contribution < 1.29 is 19.1 Å². The van der Waals surface area contributed by atoms with E-state index in [1.54, 1.807) is 54.5 Å². The third-order valence-corrected chi connectivity index (χ3v) is 4.28. The number of carbonyl (C=O) groups is 2. The van der Waals surface area contributed by atoms with Crippen molar-refractivity contribution in [3.8, 4) is 11.5 Å². The predicted molar refractivity (Wildman–Crippen MR) is 104 cm³/mol. The quantitative estimate of drug-likeness (QED) is 0.846. The summed E-state index contributed by atoms with van der Waals surface area (Å²) < 4.78 is 10.6. The summed E-state index contributed by atoms with van der Waals surface area (Å²) in [4.78, 5) is 28.4. The van der Waals surface area contributed by atoms with E-state index in [0.29, 0.717) is 35.0 Å². The Bertz CT molecular complexity index is 834. The van der Waals surface area contributed by atoms with E-state index in [1.165, 1.54) is 0 Å². The Balaban J connectivity index is 1.79. The molecule has 27 heavy (non-hydrogen) atoms. The molecule has 1 N–H and O–H groups in total. The topological polar surface area (TPSA) is 71.1 Å². The second kappa shape index (κ2) is 8.09. The van der Waals surface area contributed by atoms with Gasteiger partial charge in [-0.2, -0.15) is 0 Å².